The van der Waals surface area contributed by atoms with Gasteiger partial charge < -0.3 is 9.64 Å². The Morgan fingerprint density at radius 1 is 1.04 bits per heavy atom. The zero-order chi connectivity index (χ0) is 19.1. The Kier molecular flexibility index (Phi) is 6.15. The minimum absolute atomic E-state index is 0.0195. The molecule has 3 aromatic rings. The van der Waals surface area contributed by atoms with E-state index in [1.165, 1.54) is 0 Å². The van der Waals surface area contributed by atoms with Crippen LogP contribution < -0.4 is 4.74 Å². The molecule has 5 heteroatoms. The Hall–Kier alpha value is -3.21. The number of ether oxygens (including phenoxy) is 1. The predicted octanol–water partition coefficient (Wildman–Crippen LogP) is 3.67. The highest BCUT2D eigenvalue weighted by Crippen LogP contribution is 2.30. The van der Waals surface area contributed by atoms with E-state index in [2.05, 4.69) is 22.1 Å². The maximum absolute atomic E-state index is 12.9. The smallest absolute Gasteiger partial charge is 0.223 e. The molecule has 0 saturated carbocycles. The van der Waals surface area contributed by atoms with Gasteiger partial charge in [0.1, 0.15) is 5.75 Å². The molecule has 0 saturated heterocycles. The lowest BCUT2D eigenvalue weighted by molar-refractivity contribution is -0.130. The van der Waals surface area contributed by atoms with Gasteiger partial charge in [0.15, 0.2) is 0 Å². The molecule has 1 aromatic heterocycles. The zero-order valence-corrected chi connectivity index (χ0v) is 15.6. The van der Waals surface area contributed by atoms with Crippen molar-refractivity contribution in [3.05, 3.63) is 90.0 Å². The van der Waals surface area contributed by atoms with E-state index in [-0.39, 0.29) is 11.8 Å². The third-order valence-electron chi connectivity index (χ3n) is 4.54. The van der Waals surface area contributed by atoms with Crippen molar-refractivity contribution in [1.29, 1.82) is 0 Å². The van der Waals surface area contributed by atoms with Crippen molar-refractivity contribution in [2.24, 2.45) is 0 Å². The van der Waals surface area contributed by atoms with E-state index in [1.807, 2.05) is 42.5 Å². The van der Waals surface area contributed by atoms with Crippen LogP contribution in [-0.4, -0.2) is 34.9 Å². The molecule has 2 aromatic carbocycles. The second-order valence-electron chi connectivity index (χ2n) is 6.39. The summed E-state index contributed by atoms with van der Waals surface area (Å²) in [6, 6.07) is 18.0. The van der Waals surface area contributed by atoms with Crippen LogP contribution in [0.1, 0.15) is 29.2 Å². The van der Waals surface area contributed by atoms with Crippen LogP contribution in [0.5, 0.6) is 5.75 Å². The monoisotopic (exact) mass is 361 g/mol. The molecular weight excluding hydrogens is 338 g/mol. The molecule has 27 heavy (non-hydrogen) atoms. The summed E-state index contributed by atoms with van der Waals surface area (Å²) in [6.07, 6.45) is 5.33. The number of benzene rings is 2. The Bertz CT molecular complexity index is 852. The highest BCUT2D eigenvalue weighted by Gasteiger charge is 2.21. The van der Waals surface area contributed by atoms with Gasteiger partial charge in [-0.25, -0.2) is 0 Å². The summed E-state index contributed by atoms with van der Waals surface area (Å²) in [7, 11) is 3.45. The largest absolute Gasteiger partial charge is 0.497 e. The van der Waals surface area contributed by atoms with Crippen LogP contribution >= 0.6 is 0 Å². The van der Waals surface area contributed by atoms with Crippen LogP contribution in [-0.2, 0) is 11.3 Å². The number of hydrogen-bond acceptors (Lipinski definition) is 4. The van der Waals surface area contributed by atoms with Crippen molar-refractivity contribution in [2.75, 3.05) is 14.2 Å². The average Bonchev–Trinajstić information content (AvgIpc) is 2.73. The summed E-state index contributed by atoms with van der Waals surface area (Å²) in [4.78, 5) is 22.9. The fraction of sp³-hybridized carbons (Fsp3) is 0.227. The van der Waals surface area contributed by atoms with Crippen molar-refractivity contribution >= 4 is 5.91 Å². The Balaban J connectivity index is 1.79. The average molecular weight is 361 g/mol. The molecule has 138 valence electrons. The van der Waals surface area contributed by atoms with Gasteiger partial charge in [-0.15, -0.1) is 0 Å². The molecule has 0 N–H and O–H groups in total. The number of aromatic nitrogens is 2. The molecule has 1 heterocycles. The Morgan fingerprint density at radius 2 is 1.74 bits per heavy atom. The molecule has 1 atom stereocenters. The molecule has 3 rings (SSSR count). The fourth-order valence-electron chi connectivity index (χ4n) is 3.02. The lowest BCUT2D eigenvalue weighted by Crippen LogP contribution is -2.28. The normalized spacial score (nSPS) is 11.6. The molecule has 0 unspecified atom stereocenters. The van der Waals surface area contributed by atoms with Crippen LogP contribution in [0.2, 0.25) is 0 Å². The summed E-state index contributed by atoms with van der Waals surface area (Å²) in [6.45, 7) is 0.441. The highest BCUT2D eigenvalue weighted by molar-refractivity contribution is 5.77. The van der Waals surface area contributed by atoms with Gasteiger partial charge in [-0.2, -0.15) is 0 Å². The molecule has 0 radical (unpaired) electrons. The van der Waals surface area contributed by atoms with E-state index < -0.39 is 0 Å². The summed E-state index contributed by atoms with van der Waals surface area (Å²) in [5, 5.41) is 0. The quantitative estimate of drug-likeness (QED) is 0.644. The molecule has 0 spiro atoms. The van der Waals surface area contributed by atoms with Gasteiger partial charge in [-0.3, -0.25) is 14.8 Å². The van der Waals surface area contributed by atoms with E-state index in [1.54, 1.807) is 37.6 Å². The topological polar surface area (TPSA) is 55.3 Å². The molecule has 0 aliphatic heterocycles. The van der Waals surface area contributed by atoms with E-state index >= 15 is 0 Å². The number of amides is 1. The maximum atomic E-state index is 12.9. The van der Waals surface area contributed by atoms with Crippen LogP contribution in [0.3, 0.4) is 0 Å². The Labute approximate surface area is 159 Å². The van der Waals surface area contributed by atoms with E-state index in [0.29, 0.717) is 13.0 Å². The molecule has 0 bridgehead atoms. The standard InChI is InChI=1S/C22H23N3O2/c1-25(16-19-15-23-12-13-24-19)22(26)14-21(17-6-4-3-5-7-17)18-8-10-20(27-2)11-9-18/h3-13,15,21H,14,16H2,1-2H3/t21-/m0/s1. The van der Waals surface area contributed by atoms with Crippen molar-refractivity contribution < 1.29 is 9.53 Å². The molecule has 0 aliphatic carbocycles. The number of carbonyl (C=O) groups is 1. The van der Waals surface area contributed by atoms with E-state index in [0.717, 1.165) is 22.6 Å². The highest BCUT2D eigenvalue weighted by atomic mass is 16.5. The fourth-order valence-corrected chi connectivity index (χ4v) is 3.02. The number of carbonyl (C=O) groups excluding carboxylic acids is 1. The molecule has 0 fully saturated rings. The Morgan fingerprint density at radius 3 is 2.37 bits per heavy atom. The third-order valence-corrected chi connectivity index (χ3v) is 4.54. The van der Waals surface area contributed by atoms with Crippen molar-refractivity contribution in [3.8, 4) is 5.75 Å². The van der Waals surface area contributed by atoms with Crippen molar-refractivity contribution in [1.82, 2.24) is 14.9 Å². The minimum atomic E-state index is -0.0195. The minimum Gasteiger partial charge on any atom is -0.497 e. The summed E-state index contributed by atoms with van der Waals surface area (Å²) < 4.78 is 5.25. The van der Waals surface area contributed by atoms with Gasteiger partial charge in [0.25, 0.3) is 0 Å². The SMILES string of the molecule is COc1ccc([C@@H](CC(=O)N(C)Cc2cnccn2)c2ccccc2)cc1. The van der Waals surface area contributed by atoms with Crippen molar-refractivity contribution in [2.45, 2.75) is 18.9 Å². The summed E-state index contributed by atoms with van der Waals surface area (Å²) in [5.74, 6) is 0.843. The van der Waals surface area contributed by atoms with Gasteiger partial charge in [-0.1, -0.05) is 42.5 Å². The summed E-state index contributed by atoms with van der Waals surface area (Å²) >= 11 is 0. The van der Waals surface area contributed by atoms with Gasteiger partial charge >= 0.3 is 0 Å². The number of methoxy groups -OCH3 is 1. The van der Waals surface area contributed by atoms with Gasteiger partial charge in [0.2, 0.25) is 5.91 Å². The number of hydrogen-bond donors (Lipinski definition) is 0. The van der Waals surface area contributed by atoms with Crippen LogP contribution in [0.15, 0.2) is 73.2 Å². The van der Waals surface area contributed by atoms with Gasteiger partial charge in [-0.05, 0) is 23.3 Å². The first-order valence-corrected chi connectivity index (χ1v) is 8.85. The predicted molar refractivity (Wildman–Crippen MR) is 104 cm³/mol. The number of nitrogens with zero attached hydrogens (tertiary/aromatic N) is 3. The molecule has 0 aliphatic rings. The van der Waals surface area contributed by atoms with Crippen LogP contribution in [0, 0.1) is 0 Å². The first kappa shape index (κ1) is 18.6. The lowest BCUT2D eigenvalue weighted by Gasteiger charge is -2.22. The number of rotatable bonds is 7. The second kappa shape index (κ2) is 8.94. The zero-order valence-electron chi connectivity index (χ0n) is 15.6. The lowest BCUT2D eigenvalue weighted by atomic mass is 9.88. The first-order chi connectivity index (χ1) is 13.2. The van der Waals surface area contributed by atoms with Gasteiger partial charge in [0, 0.05) is 31.8 Å². The second-order valence-corrected chi connectivity index (χ2v) is 6.39. The van der Waals surface area contributed by atoms with Crippen LogP contribution in [0.25, 0.3) is 0 Å². The molecular formula is C22H23N3O2. The molecule has 1 amide bonds. The van der Waals surface area contributed by atoms with E-state index in [4.69, 9.17) is 4.74 Å². The van der Waals surface area contributed by atoms with Crippen molar-refractivity contribution in [3.63, 3.8) is 0 Å². The molecule has 5 nitrogen and oxygen atoms in total. The van der Waals surface area contributed by atoms with E-state index in [9.17, 15) is 4.79 Å². The summed E-state index contributed by atoms with van der Waals surface area (Å²) in [5.41, 5.74) is 2.97. The van der Waals surface area contributed by atoms with Crippen LogP contribution in [0.4, 0.5) is 0 Å². The van der Waals surface area contributed by atoms with Gasteiger partial charge in [0.05, 0.1) is 25.5 Å². The first-order valence-electron chi connectivity index (χ1n) is 8.85. The maximum Gasteiger partial charge on any atom is 0.223 e. The third kappa shape index (κ3) is 4.91.